The minimum absolute atomic E-state index is 0.0110. The maximum Gasteiger partial charge on any atom is 0.187 e. The first kappa shape index (κ1) is 14.1. The van der Waals surface area contributed by atoms with Gasteiger partial charge in [-0.1, -0.05) is 37.3 Å². The summed E-state index contributed by atoms with van der Waals surface area (Å²) in [5, 5.41) is 0. The Bertz CT molecular complexity index is 436. The molecule has 1 aromatic carbocycles. The second-order valence-electron chi connectivity index (χ2n) is 6.19. The molecular formula is C17H25NO. The molecule has 2 atom stereocenters. The Kier molecular flexibility index (Phi) is 4.28. The van der Waals surface area contributed by atoms with Gasteiger partial charge in [-0.2, -0.15) is 0 Å². The fourth-order valence-corrected chi connectivity index (χ4v) is 2.81. The van der Waals surface area contributed by atoms with Gasteiger partial charge in [-0.3, -0.25) is 0 Å². The summed E-state index contributed by atoms with van der Waals surface area (Å²) in [6.45, 7) is 8.75. The number of hydrogen-bond acceptors (Lipinski definition) is 2. The molecule has 0 bridgehead atoms. The Labute approximate surface area is 116 Å². The van der Waals surface area contributed by atoms with Gasteiger partial charge < -0.3 is 4.74 Å². The van der Waals surface area contributed by atoms with E-state index in [9.17, 15) is 0 Å². The van der Waals surface area contributed by atoms with Crippen molar-refractivity contribution >= 4 is 5.90 Å². The van der Waals surface area contributed by atoms with Crippen LogP contribution in [0, 0.1) is 5.92 Å². The highest BCUT2D eigenvalue weighted by Crippen LogP contribution is 2.28. The molecule has 0 saturated heterocycles. The van der Waals surface area contributed by atoms with E-state index >= 15 is 0 Å². The highest BCUT2D eigenvalue weighted by Gasteiger charge is 2.31. The molecule has 0 radical (unpaired) electrons. The Balaban J connectivity index is 2.15. The van der Waals surface area contributed by atoms with Gasteiger partial charge >= 0.3 is 0 Å². The van der Waals surface area contributed by atoms with Gasteiger partial charge in [-0.25, -0.2) is 4.99 Å². The summed E-state index contributed by atoms with van der Waals surface area (Å²) >= 11 is 0. The van der Waals surface area contributed by atoms with Crippen molar-refractivity contribution in [3.8, 4) is 0 Å². The zero-order valence-electron chi connectivity index (χ0n) is 12.5. The van der Waals surface area contributed by atoms with E-state index in [4.69, 9.17) is 9.73 Å². The van der Waals surface area contributed by atoms with Gasteiger partial charge in [-0.05, 0) is 39.2 Å². The van der Waals surface area contributed by atoms with E-state index < -0.39 is 0 Å². The molecule has 104 valence electrons. The minimum Gasteiger partial charge on any atom is -0.478 e. The summed E-state index contributed by atoms with van der Waals surface area (Å²) in [5.41, 5.74) is 1.37. The van der Waals surface area contributed by atoms with E-state index in [1.807, 2.05) is 0 Å². The summed E-state index contributed by atoms with van der Waals surface area (Å²) in [7, 11) is 0. The van der Waals surface area contributed by atoms with Crippen molar-refractivity contribution in [2.24, 2.45) is 10.9 Å². The number of aliphatic imine (C=N–C) groups is 1. The SMILES string of the molecule is CC[C@H](Cc1ccccc1)C1=NC(C)(C)C[C@@H](C)O1. The van der Waals surface area contributed by atoms with Crippen molar-refractivity contribution in [2.75, 3.05) is 0 Å². The fourth-order valence-electron chi connectivity index (χ4n) is 2.81. The molecule has 1 aliphatic rings. The lowest BCUT2D eigenvalue weighted by molar-refractivity contribution is 0.130. The molecule has 2 heteroatoms. The normalized spacial score (nSPS) is 23.4. The quantitative estimate of drug-likeness (QED) is 0.792. The van der Waals surface area contributed by atoms with E-state index in [1.54, 1.807) is 0 Å². The van der Waals surface area contributed by atoms with Crippen LogP contribution >= 0.6 is 0 Å². The van der Waals surface area contributed by atoms with Crippen LogP contribution in [-0.2, 0) is 11.2 Å². The van der Waals surface area contributed by atoms with Gasteiger partial charge in [0.05, 0.1) is 11.6 Å². The first-order chi connectivity index (χ1) is 9.00. The summed E-state index contributed by atoms with van der Waals surface area (Å²) in [6.07, 6.45) is 3.35. The van der Waals surface area contributed by atoms with E-state index in [2.05, 4.69) is 58.0 Å². The monoisotopic (exact) mass is 259 g/mol. The highest BCUT2D eigenvalue weighted by molar-refractivity contribution is 5.80. The number of ether oxygens (including phenoxy) is 1. The molecule has 0 unspecified atom stereocenters. The Morgan fingerprint density at radius 2 is 2.00 bits per heavy atom. The maximum atomic E-state index is 6.00. The third-order valence-electron chi connectivity index (χ3n) is 3.69. The van der Waals surface area contributed by atoms with Crippen molar-refractivity contribution in [2.45, 2.75) is 58.6 Å². The van der Waals surface area contributed by atoms with Crippen LogP contribution in [0.15, 0.2) is 35.3 Å². The second-order valence-corrected chi connectivity index (χ2v) is 6.19. The first-order valence-corrected chi connectivity index (χ1v) is 7.30. The van der Waals surface area contributed by atoms with Gasteiger partial charge in [-0.15, -0.1) is 0 Å². The highest BCUT2D eigenvalue weighted by atomic mass is 16.5. The van der Waals surface area contributed by atoms with Crippen LogP contribution in [0.5, 0.6) is 0 Å². The molecule has 0 spiro atoms. The lowest BCUT2D eigenvalue weighted by Gasteiger charge is -2.34. The molecule has 2 nitrogen and oxygen atoms in total. The smallest absolute Gasteiger partial charge is 0.187 e. The number of rotatable bonds is 4. The van der Waals surface area contributed by atoms with E-state index in [0.717, 1.165) is 25.2 Å². The molecule has 0 amide bonds. The van der Waals surface area contributed by atoms with Crippen LogP contribution < -0.4 is 0 Å². The van der Waals surface area contributed by atoms with E-state index in [0.29, 0.717) is 5.92 Å². The zero-order chi connectivity index (χ0) is 13.9. The Hall–Kier alpha value is -1.31. The average Bonchev–Trinajstić information content (AvgIpc) is 2.34. The molecule has 0 saturated carbocycles. The number of nitrogens with zero attached hydrogens (tertiary/aromatic N) is 1. The van der Waals surface area contributed by atoms with Crippen molar-refractivity contribution in [3.05, 3.63) is 35.9 Å². The third-order valence-corrected chi connectivity index (χ3v) is 3.69. The van der Waals surface area contributed by atoms with Crippen LogP contribution in [0.2, 0.25) is 0 Å². The van der Waals surface area contributed by atoms with Crippen molar-refractivity contribution < 1.29 is 4.74 Å². The Morgan fingerprint density at radius 1 is 1.32 bits per heavy atom. The van der Waals surface area contributed by atoms with Gasteiger partial charge in [0.2, 0.25) is 0 Å². The summed E-state index contributed by atoms with van der Waals surface area (Å²) in [5.74, 6) is 1.35. The maximum absolute atomic E-state index is 6.00. The van der Waals surface area contributed by atoms with Gasteiger partial charge in [0.15, 0.2) is 5.90 Å². The van der Waals surface area contributed by atoms with Crippen LogP contribution in [-0.4, -0.2) is 17.5 Å². The number of hydrogen-bond donors (Lipinski definition) is 0. The van der Waals surface area contributed by atoms with Crippen LogP contribution in [0.1, 0.15) is 46.1 Å². The molecule has 19 heavy (non-hydrogen) atoms. The Morgan fingerprint density at radius 3 is 2.58 bits per heavy atom. The summed E-state index contributed by atoms with van der Waals surface area (Å²) in [6, 6.07) is 10.6. The predicted molar refractivity (Wildman–Crippen MR) is 80.6 cm³/mol. The third kappa shape index (κ3) is 3.82. The minimum atomic E-state index is 0.0110. The van der Waals surface area contributed by atoms with Gasteiger partial charge in [0.25, 0.3) is 0 Å². The number of benzene rings is 1. The van der Waals surface area contributed by atoms with Crippen molar-refractivity contribution in [3.63, 3.8) is 0 Å². The average molecular weight is 259 g/mol. The summed E-state index contributed by atoms with van der Waals surface area (Å²) in [4.78, 5) is 4.83. The van der Waals surface area contributed by atoms with Crippen LogP contribution in [0.4, 0.5) is 0 Å². The van der Waals surface area contributed by atoms with Gasteiger partial charge in [0, 0.05) is 12.3 Å². The molecule has 1 aromatic rings. The molecule has 1 aliphatic heterocycles. The van der Waals surface area contributed by atoms with Crippen LogP contribution in [0.3, 0.4) is 0 Å². The standard InChI is InChI=1S/C17H25NO/c1-5-15(11-14-9-7-6-8-10-14)16-18-17(3,4)12-13(2)19-16/h6-10,13,15H,5,11-12H2,1-4H3/t13-,15-/m1/s1. The summed E-state index contributed by atoms with van der Waals surface area (Å²) < 4.78 is 6.00. The molecule has 0 aliphatic carbocycles. The lowest BCUT2D eigenvalue weighted by atomic mass is 9.92. The predicted octanol–water partition coefficient (Wildman–Crippen LogP) is 4.24. The van der Waals surface area contributed by atoms with Crippen molar-refractivity contribution in [1.29, 1.82) is 0 Å². The van der Waals surface area contributed by atoms with E-state index in [1.165, 1.54) is 5.56 Å². The largest absolute Gasteiger partial charge is 0.478 e. The molecule has 0 N–H and O–H groups in total. The topological polar surface area (TPSA) is 21.6 Å². The molecule has 1 heterocycles. The fraction of sp³-hybridized carbons (Fsp3) is 0.588. The second kappa shape index (κ2) is 5.77. The molecule has 2 rings (SSSR count). The molecule has 0 aromatic heterocycles. The zero-order valence-corrected chi connectivity index (χ0v) is 12.5. The van der Waals surface area contributed by atoms with Crippen LogP contribution in [0.25, 0.3) is 0 Å². The first-order valence-electron chi connectivity index (χ1n) is 7.30. The van der Waals surface area contributed by atoms with E-state index in [-0.39, 0.29) is 11.6 Å². The van der Waals surface area contributed by atoms with Crippen molar-refractivity contribution in [1.82, 2.24) is 0 Å². The lowest BCUT2D eigenvalue weighted by Crippen LogP contribution is -2.37. The van der Waals surface area contributed by atoms with Gasteiger partial charge in [0.1, 0.15) is 0 Å². The molecular weight excluding hydrogens is 234 g/mol. The molecule has 0 fully saturated rings.